The number of ketones is 2. The van der Waals surface area contributed by atoms with E-state index in [0.29, 0.717) is 22.6 Å². The zero-order valence-electron chi connectivity index (χ0n) is 21.1. The number of hydrogen-bond acceptors (Lipinski definition) is 5. The highest BCUT2D eigenvalue weighted by Gasteiger charge is 2.32. The Labute approximate surface area is 230 Å². The summed E-state index contributed by atoms with van der Waals surface area (Å²) in [6.45, 7) is 4.07. The second-order valence-electron chi connectivity index (χ2n) is 9.49. The summed E-state index contributed by atoms with van der Waals surface area (Å²) >= 11 is 1.37. The van der Waals surface area contributed by atoms with Gasteiger partial charge in [0.1, 0.15) is 0 Å². The summed E-state index contributed by atoms with van der Waals surface area (Å²) in [6.07, 6.45) is 18.4. The van der Waals surface area contributed by atoms with E-state index in [-0.39, 0.29) is 18.1 Å². The fraction of sp³-hybridized carbons (Fsp3) is 0.188. The maximum absolute atomic E-state index is 13.1. The maximum Gasteiger partial charge on any atom is 0.303 e. The minimum atomic E-state index is -0.774. The molecule has 2 aliphatic heterocycles. The minimum absolute atomic E-state index is 0.000295. The number of carbonyl (C=O) groups excluding carboxylic acids is 3. The van der Waals surface area contributed by atoms with Crippen LogP contribution in [0.4, 0.5) is 5.69 Å². The molecule has 1 fully saturated rings. The summed E-state index contributed by atoms with van der Waals surface area (Å²) < 4.78 is 0. The Morgan fingerprint density at radius 1 is 1.08 bits per heavy atom. The molecule has 6 nitrogen and oxygen atoms in total. The van der Waals surface area contributed by atoms with Crippen LogP contribution in [-0.4, -0.2) is 28.5 Å². The largest absolute Gasteiger partial charge is 0.481 e. The molecule has 1 saturated heterocycles. The SMILES string of the molecule is C=C1S/C(=C\C2=C=CC(c3cc4c(cc3C3=C=C3)C(=O)C(=O)N4)=CC=C2)C(=O)C1/C=C/CCCCCC(=O)O. The lowest BCUT2D eigenvalue weighted by Gasteiger charge is -2.10. The predicted molar refractivity (Wildman–Crippen MR) is 153 cm³/mol. The smallest absolute Gasteiger partial charge is 0.303 e. The Balaban J connectivity index is 1.30. The van der Waals surface area contributed by atoms with Gasteiger partial charge in [-0.2, -0.15) is 0 Å². The summed E-state index contributed by atoms with van der Waals surface area (Å²) in [5.74, 6) is -2.32. The van der Waals surface area contributed by atoms with Crippen molar-refractivity contribution in [3.63, 3.8) is 0 Å². The summed E-state index contributed by atoms with van der Waals surface area (Å²) in [6, 6.07) is 3.54. The first-order valence-corrected chi connectivity index (χ1v) is 13.5. The Morgan fingerprint density at radius 3 is 2.67 bits per heavy atom. The van der Waals surface area contributed by atoms with Crippen molar-refractivity contribution in [1.29, 1.82) is 0 Å². The molecule has 0 spiro atoms. The Kier molecular flexibility index (Phi) is 7.49. The van der Waals surface area contributed by atoms with E-state index in [4.69, 9.17) is 5.11 Å². The summed E-state index contributed by atoms with van der Waals surface area (Å²) in [4.78, 5) is 49.1. The van der Waals surface area contributed by atoms with Crippen molar-refractivity contribution in [2.75, 3.05) is 5.32 Å². The average molecular weight is 536 g/mol. The second kappa shape index (κ2) is 11.1. The molecule has 194 valence electrons. The highest BCUT2D eigenvalue weighted by Crippen LogP contribution is 2.43. The van der Waals surface area contributed by atoms with Crippen LogP contribution in [0, 0.1) is 5.92 Å². The first-order valence-electron chi connectivity index (χ1n) is 12.7. The van der Waals surface area contributed by atoms with Gasteiger partial charge in [-0.05, 0) is 77.3 Å². The zero-order chi connectivity index (χ0) is 27.5. The Bertz CT molecular complexity index is 1600. The van der Waals surface area contributed by atoms with Crippen LogP contribution >= 0.6 is 11.8 Å². The molecule has 39 heavy (non-hydrogen) atoms. The van der Waals surface area contributed by atoms with Gasteiger partial charge < -0.3 is 10.4 Å². The van der Waals surface area contributed by atoms with Crippen molar-refractivity contribution in [3.8, 4) is 0 Å². The van der Waals surface area contributed by atoms with E-state index in [9.17, 15) is 19.2 Å². The van der Waals surface area contributed by atoms with Gasteiger partial charge >= 0.3 is 5.97 Å². The number of carboxylic acids is 1. The topological polar surface area (TPSA) is 101 Å². The van der Waals surface area contributed by atoms with Crippen LogP contribution < -0.4 is 5.32 Å². The number of rotatable bonds is 10. The van der Waals surface area contributed by atoms with Crippen LogP contribution in [0.5, 0.6) is 0 Å². The van der Waals surface area contributed by atoms with Gasteiger partial charge in [0.2, 0.25) is 0 Å². The van der Waals surface area contributed by atoms with Crippen LogP contribution in [0.2, 0.25) is 0 Å². The van der Waals surface area contributed by atoms with E-state index in [2.05, 4.69) is 23.4 Å². The number of fused-ring (bicyclic) bond motifs is 1. The number of anilines is 1. The Hall–Kier alpha value is -4.41. The number of carboxylic acid groups (broad SMARTS) is 1. The molecule has 2 heterocycles. The van der Waals surface area contributed by atoms with Gasteiger partial charge in [-0.1, -0.05) is 49.1 Å². The number of amides is 1. The fourth-order valence-electron chi connectivity index (χ4n) is 4.55. The molecular weight excluding hydrogens is 510 g/mol. The quantitative estimate of drug-likeness (QED) is 0.119. The van der Waals surface area contributed by atoms with E-state index < -0.39 is 17.7 Å². The van der Waals surface area contributed by atoms with Crippen molar-refractivity contribution in [1.82, 2.24) is 0 Å². The van der Waals surface area contributed by atoms with Gasteiger partial charge in [0.15, 0.2) is 5.78 Å². The van der Waals surface area contributed by atoms with Gasteiger partial charge in [0.05, 0.1) is 22.1 Å². The molecule has 0 bridgehead atoms. The molecule has 2 aliphatic carbocycles. The van der Waals surface area contributed by atoms with Crippen LogP contribution in [0.1, 0.15) is 53.6 Å². The summed E-state index contributed by atoms with van der Waals surface area (Å²) in [7, 11) is 0. The molecule has 7 heteroatoms. The number of aliphatic carboxylic acids is 1. The third-order valence-electron chi connectivity index (χ3n) is 6.68. The first kappa shape index (κ1) is 26.2. The lowest BCUT2D eigenvalue weighted by molar-refractivity contribution is -0.137. The number of nitrogens with one attached hydrogen (secondary N) is 1. The average Bonchev–Trinajstić information content (AvgIpc) is 3.69. The molecule has 1 aromatic rings. The monoisotopic (exact) mass is 535 g/mol. The summed E-state index contributed by atoms with van der Waals surface area (Å²) in [5, 5.41) is 11.3. The molecule has 1 aromatic carbocycles. The predicted octanol–water partition coefficient (Wildman–Crippen LogP) is 6.33. The van der Waals surface area contributed by atoms with Crippen LogP contribution in [0.15, 0.2) is 94.2 Å². The number of thioether (sulfide) groups is 1. The molecule has 5 rings (SSSR count). The van der Waals surface area contributed by atoms with Gasteiger partial charge in [-0.15, -0.1) is 11.5 Å². The van der Waals surface area contributed by atoms with Gasteiger partial charge in [0, 0.05) is 17.6 Å². The van der Waals surface area contributed by atoms with Crippen molar-refractivity contribution in [2.45, 2.75) is 32.1 Å². The first-order chi connectivity index (χ1) is 18.8. The van der Waals surface area contributed by atoms with E-state index in [0.717, 1.165) is 52.0 Å². The van der Waals surface area contributed by atoms with Crippen molar-refractivity contribution in [2.24, 2.45) is 5.92 Å². The van der Waals surface area contributed by atoms with Crippen molar-refractivity contribution >= 4 is 52.0 Å². The molecule has 4 aliphatic rings. The van der Waals surface area contributed by atoms with Crippen LogP contribution in [-0.2, 0) is 14.4 Å². The molecule has 1 atom stereocenters. The molecular formula is C32H25NO5S. The lowest BCUT2D eigenvalue weighted by atomic mass is 9.93. The molecule has 0 radical (unpaired) electrons. The molecule has 0 aromatic heterocycles. The van der Waals surface area contributed by atoms with Gasteiger partial charge in [0.25, 0.3) is 11.7 Å². The zero-order valence-corrected chi connectivity index (χ0v) is 21.9. The van der Waals surface area contributed by atoms with Crippen LogP contribution in [0.25, 0.3) is 11.1 Å². The van der Waals surface area contributed by atoms with Gasteiger partial charge in [-0.25, -0.2) is 0 Å². The van der Waals surface area contributed by atoms with Crippen molar-refractivity contribution < 1.29 is 24.3 Å². The highest BCUT2D eigenvalue weighted by atomic mass is 32.2. The fourth-order valence-corrected chi connectivity index (χ4v) is 5.56. The normalized spacial score (nSPS) is 20.4. The number of carbonyl (C=O) groups is 4. The number of allylic oxidation sites excluding steroid dienone is 11. The van der Waals surface area contributed by atoms with E-state index in [1.807, 2.05) is 48.6 Å². The third kappa shape index (κ3) is 5.87. The van der Waals surface area contributed by atoms with E-state index in [1.165, 1.54) is 11.8 Å². The number of hydrogen-bond donors (Lipinski definition) is 2. The lowest BCUT2D eigenvalue weighted by Crippen LogP contribution is -2.12. The number of Topliss-reactive ketones (excluding diaryl/α,β-unsaturated/α-hetero) is 2. The molecule has 2 N–H and O–H groups in total. The minimum Gasteiger partial charge on any atom is -0.481 e. The second-order valence-corrected chi connectivity index (χ2v) is 10.7. The van der Waals surface area contributed by atoms with E-state index >= 15 is 0 Å². The number of unbranched alkanes of at least 4 members (excludes halogenated alkanes) is 3. The number of benzene rings is 1. The molecule has 0 saturated carbocycles. The van der Waals surface area contributed by atoms with Crippen molar-refractivity contribution in [3.05, 3.63) is 111 Å². The molecule has 1 amide bonds. The highest BCUT2D eigenvalue weighted by molar-refractivity contribution is 8.08. The third-order valence-corrected chi connectivity index (χ3v) is 7.74. The van der Waals surface area contributed by atoms with Crippen LogP contribution in [0.3, 0.4) is 0 Å². The maximum atomic E-state index is 13.1. The standard InChI is InChI=1S/C32H25NO5S/c1-19-23(10-5-3-2-4-6-11-29(34)35)30(36)28(39-19)16-20-8-7-9-21(13-12-20)25-18-27-26(31(37)32(38)33-27)17-24(25)22-14-15-22/h5,7-10,13-14,16-18,23H,1-4,6,11H2,(H,34,35)(H,33,37,38)/b10-5+,28-16-. The summed E-state index contributed by atoms with van der Waals surface area (Å²) in [5.41, 5.74) is 11.3. The Morgan fingerprint density at radius 2 is 1.90 bits per heavy atom. The van der Waals surface area contributed by atoms with Gasteiger partial charge in [-0.3, -0.25) is 19.2 Å². The van der Waals surface area contributed by atoms with E-state index in [1.54, 1.807) is 12.1 Å². The molecule has 1 unspecified atom stereocenters.